The van der Waals surface area contributed by atoms with Crippen molar-refractivity contribution in [1.82, 2.24) is 10.3 Å². The van der Waals surface area contributed by atoms with Gasteiger partial charge in [0.15, 0.2) is 5.78 Å². The molecule has 34 heavy (non-hydrogen) atoms. The maximum absolute atomic E-state index is 14.2. The number of piperazine rings is 1. The summed E-state index contributed by atoms with van der Waals surface area (Å²) in [6.45, 7) is 2.40. The van der Waals surface area contributed by atoms with Gasteiger partial charge in [0.1, 0.15) is 0 Å². The summed E-state index contributed by atoms with van der Waals surface area (Å²) in [7, 11) is -3.97. The minimum atomic E-state index is -3.97. The Morgan fingerprint density at radius 2 is 1.41 bits per heavy atom. The smallest absolute Gasteiger partial charge is 0.278 e. The Morgan fingerprint density at radius 1 is 0.765 bits per heavy atom. The van der Waals surface area contributed by atoms with Gasteiger partial charge in [0.2, 0.25) is 0 Å². The number of sulfonamides is 1. The number of carbonyl (C=O) groups is 1. The average molecular weight is 472 g/mol. The number of nitrogens with one attached hydrogen (secondary N) is 1. The van der Waals surface area contributed by atoms with E-state index in [4.69, 9.17) is 0 Å². The first-order chi connectivity index (χ1) is 16.6. The molecule has 0 amide bonds. The van der Waals surface area contributed by atoms with Gasteiger partial charge in [-0.1, -0.05) is 78.9 Å². The van der Waals surface area contributed by atoms with E-state index in [9.17, 15) is 13.2 Å². The molecule has 1 aliphatic rings. The molecule has 0 bridgehead atoms. The lowest BCUT2D eigenvalue weighted by Crippen LogP contribution is -2.54. The van der Waals surface area contributed by atoms with Crippen molar-refractivity contribution in [3.8, 4) is 0 Å². The third-order valence-corrected chi connectivity index (χ3v) is 7.78. The van der Waals surface area contributed by atoms with Crippen LogP contribution in [0, 0.1) is 0 Å². The zero-order chi connectivity index (χ0) is 23.5. The van der Waals surface area contributed by atoms with Crippen LogP contribution in [0.1, 0.15) is 15.9 Å². The molecule has 0 spiro atoms. The van der Waals surface area contributed by atoms with Crippen molar-refractivity contribution >= 4 is 32.3 Å². The van der Waals surface area contributed by atoms with Gasteiger partial charge in [0.05, 0.1) is 10.6 Å². The highest BCUT2D eigenvalue weighted by Gasteiger charge is 2.33. The first-order valence-electron chi connectivity index (χ1n) is 11.2. The number of hydrogen-bond donors (Lipinski definition) is 1. The first kappa shape index (κ1) is 22.3. The number of fused-ring (bicyclic) bond motifs is 1. The second kappa shape index (κ2) is 9.38. The molecular weight excluding hydrogens is 446 g/mol. The summed E-state index contributed by atoms with van der Waals surface area (Å²) >= 11 is 0. The quantitative estimate of drug-likeness (QED) is 0.429. The fourth-order valence-electron chi connectivity index (χ4n) is 4.32. The summed E-state index contributed by atoms with van der Waals surface area (Å²) in [5.74, 6) is -0.148. The molecule has 1 N–H and O–H groups in total. The summed E-state index contributed by atoms with van der Waals surface area (Å²) < 4.78 is 29.7. The Hall–Kier alpha value is -3.52. The van der Waals surface area contributed by atoms with Crippen LogP contribution >= 0.6 is 0 Å². The van der Waals surface area contributed by atoms with Gasteiger partial charge in [-0.05, 0) is 23.6 Å². The van der Waals surface area contributed by atoms with Crippen molar-refractivity contribution in [3.05, 3.63) is 108 Å². The number of carbonyl (C=O) groups excluding carboxylic acids is 1. The van der Waals surface area contributed by atoms with Crippen LogP contribution in [0.2, 0.25) is 0 Å². The number of hydrazine groups is 1. The zero-order valence-electron chi connectivity index (χ0n) is 18.6. The molecule has 7 heteroatoms. The van der Waals surface area contributed by atoms with Crippen molar-refractivity contribution in [2.45, 2.75) is 4.90 Å². The van der Waals surface area contributed by atoms with Crippen LogP contribution in [-0.2, 0) is 10.0 Å². The molecule has 1 aliphatic heterocycles. The average Bonchev–Trinajstić information content (AvgIpc) is 2.89. The summed E-state index contributed by atoms with van der Waals surface area (Å²) in [6.07, 6.45) is 0. The highest BCUT2D eigenvalue weighted by atomic mass is 32.2. The Balaban J connectivity index is 1.63. The van der Waals surface area contributed by atoms with E-state index in [0.29, 0.717) is 48.4 Å². The Morgan fingerprint density at radius 3 is 2.21 bits per heavy atom. The SMILES string of the molecule is O=C(c1ccccc1)c1cccc(N(N2CCNCC2)S(=O)(=O)c2cccc3ccccc23)c1. The van der Waals surface area contributed by atoms with Gasteiger partial charge < -0.3 is 5.32 Å². The molecule has 4 aromatic rings. The number of hydrogen-bond acceptors (Lipinski definition) is 5. The molecule has 0 saturated carbocycles. The van der Waals surface area contributed by atoms with Crippen molar-refractivity contribution in [2.75, 3.05) is 30.6 Å². The zero-order valence-corrected chi connectivity index (χ0v) is 19.4. The van der Waals surface area contributed by atoms with Gasteiger partial charge in [0.25, 0.3) is 10.0 Å². The van der Waals surface area contributed by atoms with E-state index in [0.717, 1.165) is 5.39 Å². The largest absolute Gasteiger partial charge is 0.314 e. The highest BCUT2D eigenvalue weighted by molar-refractivity contribution is 7.93. The normalized spacial score (nSPS) is 14.7. The second-order valence-electron chi connectivity index (χ2n) is 8.17. The molecular formula is C27H25N3O3S. The minimum Gasteiger partial charge on any atom is -0.314 e. The van der Waals surface area contributed by atoms with Crippen LogP contribution in [0.3, 0.4) is 0 Å². The van der Waals surface area contributed by atoms with E-state index >= 15 is 0 Å². The van der Waals surface area contributed by atoms with E-state index < -0.39 is 10.0 Å². The molecule has 172 valence electrons. The van der Waals surface area contributed by atoms with Gasteiger partial charge in [-0.25, -0.2) is 5.01 Å². The number of nitrogens with zero attached hydrogens (tertiary/aromatic N) is 2. The monoisotopic (exact) mass is 471 g/mol. The standard InChI is InChI=1S/C27H25N3O3S/c31-27(22-9-2-1-3-10-22)23-12-6-13-24(20-23)30(29-18-16-28-17-19-29)34(32,33)26-15-7-11-21-8-4-5-14-25(21)26/h1-15,20,28H,16-19H2. The van der Waals surface area contributed by atoms with Gasteiger partial charge in [-0.2, -0.15) is 12.8 Å². The van der Waals surface area contributed by atoms with Gasteiger partial charge in [-0.3, -0.25) is 4.79 Å². The summed E-state index contributed by atoms with van der Waals surface area (Å²) in [5, 5.41) is 6.64. The lowest BCUT2D eigenvalue weighted by molar-refractivity contribution is 0.103. The molecule has 1 heterocycles. The van der Waals surface area contributed by atoms with Crippen LogP contribution < -0.4 is 9.73 Å². The van der Waals surface area contributed by atoms with Crippen molar-refractivity contribution in [3.63, 3.8) is 0 Å². The van der Waals surface area contributed by atoms with E-state index in [-0.39, 0.29) is 10.7 Å². The predicted octanol–water partition coefficient (Wildman–Crippen LogP) is 4.09. The van der Waals surface area contributed by atoms with Crippen molar-refractivity contribution < 1.29 is 13.2 Å². The number of benzene rings is 4. The topological polar surface area (TPSA) is 69.7 Å². The lowest BCUT2D eigenvalue weighted by Gasteiger charge is -2.38. The third-order valence-electron chi connectivity index (χ3n) is 5.97. The number of rotatable bonds is 6. The summed E-state index contributed by atoms with van der Waals surface area (Å²) in [5.41, 5.74) is 1.44. The molecule has 1 fully saturated rings. The molecule has 0 aromatic heterocycles. The summed E-state index contributed by atoms with van der Waals surface area (Å²) in [4.78, 5) is 13.3. The fourth-order valence-corrected chi connectivity index (χ4v) is 6.08. The van der Waals surface area contributed by atoms with E-state index in [1.54, 1.807) is 48.5 Å². The predicted molar refractivity (Wildman–Crippen MR) is 134 cm³/mol. The molecule has 0 radical (unpaired) electrons. The molecule has 4 aromatic carbocycles. The fraction of sp³-hybridized carbons (Fsp3) is 0.148. The Kier molecular flexibility index (Phi) is 6.15. The van der Waals surface area contributed by atoms with Crippen LogP contribution in [0.4, 0.5) is 5.69 Å². The molecule has 0 atom stereocenters. The van der Waals surface area contributed by atoms with Crippen LogP contribution in [0.5, 0.6) is 0 Å². The van der Waals surface area contributed by atoms with E-state index in [1.807, 2.05) is 53.5 Å². The van der Waals surface area contributed by atoms with Crippen LogP contribution in [-0.4, -0.2) is 45.4 Å². The molecule has 6 nitrogen and oxygen atoms in total. The number of ketones is 1. The van der Waals surface area contributed by atoms with Gasteiger partial charge in [0, 0.05) is 42.7 Å². The van der Waals surface area contributed by atoms with Gasteiger partial charge in [-0.15, -0.1) is 0 Å². The van der Waals surface area contributed by atoms with E-state index in [1.165, 1.54) is 4.41 Å². The summed E-state index contributed by atoms with van der Waals surface area (Å²) in [6, 6.07) is 28.7. The van der Waals surface area contributed by atoms with Crippen LogP contribution in [0.25, 0.3) is 10.8 Å². The molecule has 0 aliphatic carbocycles. The first-order valence-corrected chi connectivity index (χ1v) is 12.7. The lowest BCUT2D eigenvalue weighted by atomic mass is 10.0. The highest BCUT2D eigenvalue weighted by Crippen LogP contribution is 2.31. The second-order valence-corrected chi connectivity index (χ2v) is 9.91. The third kappa shape index (κ3) is 4.21. The molecule has 1 saturated heterocycles. The van der Waals surface area contributed by atoms with Gasteiger partial charge >= 0.3 is 0 Å². The maximum atomic E-state index is 14.2. The molecule has 5 rings (SSSR count). The van der Waals surface area contributed by atoms with Crippen LogP contribution in [0.15, 0.2) is 102 Å². The van der Waals surface area contributed by atoms with E-state index in [2.05, 4.69) is 5.32 Å². The maximum Gasteiger partial charge on any atom is 0.278 e. The number of anilines is 1. The molecule has 0 unspecified atom stereocenters. The Labute approximate surface area is 199 Å². The van der Waals surface area contributed by atoms with Crippen molar-refractivity contribution in [2.24, 2.45) is 0 Å². The van der Waals surface area contributed by atoms with Crippen molar-refractivity contribution in [1.29, 1.82) is 0 Å². The Bertz CT molecular complexity index is 1430. The minimum absolute atomic E-state index is 0.148.